The molecule has 0 bridgehead atoms. The van der Waals surface area contributed by atoms with Gasteiger partial charge >= 0.3 is 15.0 Å². The number of carbonyl (C=O) groups is 1. The highest BCUT2D eigenvalue weighted by molar-refractivity contribution is 7.02. The maximum atomic E-state index is 12.7. The van der Waals surface area contributed by atoms with Crippen molar-refractivity contribution in [2.75, 3.05) is 11.9 Å². The summed E-state index contributed by atoms with van der Waals surface area (Å²) >= 11 is 0. The van der Waals surface area contributed by atoms with E-state index in [1.807, 2.05) is 12.1 Å². The molecule has 1 amide bonds. The van der Waals surface area contributed by atoms with Gasteiger partial charge in [-0.25, -0.2) is 0 Å². The largest absolute Gasteiger partial charge is 0.469 e. The van der Waals surface area contributed by atoms with E-state index in [0.29, 0.717) is 5.69 Å². The highest BCUT2D eigenvalue weighted by Gasteiger charge is 2.55. The van der Waals surface area contributed by atoms with Crippen molar-refractivity contribution in [3.8, 4) is 0 Å². The number of hydrogen-bond donors (Lipinski definition) is 0. The summed E-state index contributed by atoms with van der Waals surface area (Å²) in [6.07, 6.45) is -6.02. The van der Waals surface area contributed by atoms with Gasteiger partial charge in [0.2, 0.25) is 5.91 Å². The second kappa shape index (κ2) is 11.9. The first kappa shape index (κ1) is 30.5. The average molecular weight is 556 g/mol. The summed E-state index contributed by atoms with van der Waals surface area (Å²) in [6.45, 7) is 19.4. The van der Waals surface area contributed by atoms with Gasteiger partial charge < -0.3 is 17.2 Å². The van der Waals surface area contributed by atoms with E-state index in [9.17, 15) is 18.0 Å². The van der Waals surface area contributed by atoms with Gasteiger partial charge in [-0.2, -0.15) is 13.2 Å². The fourth-order valence-electron chi connectivity index (χ4n) is 3.62. The summed E-state index contributed by atoms with van der Waals surface area (Å²) < 4.78 is 58.1. The molecule has 0 saturated carbocycles. The van der Waals surface area contributed by atoms with Crippen molar-refractivity contribution in [3.63, 3.8) is 0 Å². The number of benzene rings is 1. The van der Waals surface area contributed by atoms with Gasteiger partial charge in [0.15, 0.2) is 27.1 Å². The zero-order valence-electron chi connectivity index (χ0n) is 21.5. The number of anilines is 1. The number of amides is 1. The number of alkyl halides is 3. The Hall–Kier alpha value is -0.556. The van der Waals surface area contributed by atoms with Gasteiger partial charge in [-0.05, 0) is 51.4 Å². The van der Waals surface area contributed by atoms with Crippen molar-refractivity contribution in [1.29, 1.82) is 0 Å². The number of rotatable bonds is 11. The maximum absolute atomic E-state index is 12.7. The molecule has 0 N–H and O–H groups in total. The number of nitrogens with zero attached hydrogens (tertiary/aromatic N) is 1. The van der Waals surface area contributed by atoms with E-state index < -0.39 is 62.5 Å². The Morgan fingerprint density at radius 3 is 1.85 bits per heavy atom. The zero-order chi connectivity index (χ0) is 25.8. The highest BCUT2D eigenvalue weighted by Crippen LogP contribution is 2.36. The van der Waals surface area contributed by atoms with Crippen LogP contribution in [0.3, 0.4) is 0 Å². The Labute approximate surface area is 204 Å². The Bertz CT molecular complexity index is 767. The molecule has 0 aliphatic carbocycles. The van der Waals surface area contributed by atoms with Gasteiger partial charge in [0, 0.05) is 17.9 Å². The van der Waals surface area contributed by atoms with E-state index in [1.165, 1.54) is 7.05 Å². The molecule has 1 unspecified atom stereocenters. The Kier molecular flexibility index (Phi) is 11.0. The van der Waals surface area contributed by atoms with Gasteiger partial charge in [0.25, 0.3) is 0 Å². The van der Waals surface area contributed by atoms with E-state index in [2.05, 4.69) is 59.3 Å². The monoisotopic (exact) mass is 555 g/mol. The van der Waals surface area contributed by atoms with Crippen molar-refractivity contribution in [3.05, 3.63) is 24.3 Å². The minimum atomic E-state index is -4.54. The van der Waals surface area contributed by atoms with Gasteiger partial charge in [-0.3, -0.25) is 4.79 Å². The number of hydrogen-bond acceptors (Lipinski definition) is 4. The minimum absolute atomic E-state index is 0.0520. The van der Waals surface area contributed by atoms with Crippen LogP contribution in [0.1, 0.15) is 13.3 Å². The van der Waals surface area contributed by atoms with Crippen LogP contribution in [0.5, 0.6) is 0 Å². The normalized spacial score (nSPS) is 14.3. The standard InChI is InChI=1S/C20H40F3NO4Si5/c1-16(33(26-29(3)4,27-30(5)6)28-31(7)8)32(9,10)18-13-11-12-17(14-18)24(2)19(25)15-20(21,22)23/h11-14,16,29-31H,15H2,1-10H3. The molecule has 1 aromatic carbocycles. The van der Waals surface area contributed by atoms with E-state index in [1.54, 1.807) is 12.1 Å². The van der Waals surface area contributed by atoms with Crippen LogP contribution in [0.2, 0.25) is 57.5 Å². The molecule has 0 aliphatic heterocycles. The fraction of sp³-hybridized carbons (Fsp3) is 0.650. The molecule has 0 fully saturated rings. The lowest BCUT2D eigenvalue weighted by atomic mass is 10.2. The lowest BCUT2D eigenvalue weighted by molar-refractivity contribution is -0.151. The molecular weight excluding hydrogens is 516 g/mol. The molecule has 0 radical (unpaired) electrons. The quantitative estimate of drug-likeness (QED) is 0.380. The first-order chi connectivity index (χ1) is 14.9. The van der Waals surface area contributed by atoms with Gasteiger partial charge in [0.1, 0.15) is 6.42 Å². The molecule has 5 nitrogen and oxygen atoms in total. The third-order valence-electron chi connectivity index (χ3n) is 5.52. The predicted molar refractivity (Wildman–Crippen MR) is 143 cm³/mol. The van der Waals surface area contributed by atoms with Crippen LogP contribution in [0, 0.1) is 0 Å². The molecule has 0 aromatic heterocycles. The predicted octanol–water partition coefficient (Wildman–Crippen LogP) is 4.39. The van der Waals surface area contributed by atoms with E-state index in [-0.39, 0.29) is 5.16 Å². The lowest BCUT2D eigenvalue weighted by Crippen LogP contribution is -2.64. The van der Waals surface area contributed by atoms with Crippen LogP contribution >= 0.6 is 0 Å². The van der Waals surface area contributed by atoms with Crippen LogP contribution in [0.4, 0.5) is 18.9 Å². The molecule has 0 saturated heterocycles. The summed E-state index contributed by atoms with van der Waals surface area (Å²) in [5, 5.41) is 1.09. The van der Waals surface area contributed by atoms with Crippen LogP contribution in [0.25, 0.3) is 0 Å². The van der Waals surface area contributed by atoms with Gasteiger partial charge in [0.05, 0.1) is 8.07 Å². The van der Waals surface area contributed by atoms with Crippen LogP contribution in [-0.4, -0.2) is 63.1 Å². The van der Waals surface area contributed by atoms with Crippen LogP contribution < -0.4 is 10.1 Å². The van der Waals surface area contributed by atoms with Gasteiger partial charge in [-0.15, -0.1) is 0 Å². The minimum Gasteiger partial charge on any atom is -0.420 e. The Balaban J connectivity index is 3.42. The summed E-state index contributed by atoms with van der Waals surface area (Å²) in [5.41, 5.74) is 0.458. The first-order valence-electron chi connectivity index (χ1n) is 11.4. The molecular formula is C20H40F3NO4Si5. The Morgan fingerprint density at radius 1 is 1.00 bits per heavy atom. The third-order valence-corrected chi connectivity index (χ3v) is 23.4. The van der Waals surface area contributed by atoms with Crippen molar-refractivity contribution < 1.29 is 30.3 Å². The van der Waals surface area contributed by atoms with E-state index in [0.717, 1.165) is 10.1 Å². The Morgan fingerprint density at radius 2 is 1.45 bits per heavy atom. The van der Waals surface area contributed by atoms with Crippen LogP contribution in [-0.2, 0) is 17.1 Å². The molecule has 190 valence electrons. The highest BCUT2D eigenvalue weighted by atomic mass is 28.5. The SMILES string of the molecule is CC([Si](O[SiH](C)C)(O[SiH](C)C)O[SiH](C)C)[Si](C)(C)c1cccc(N(C)C(=O)CC(F)(F)F)c1. The third kappa shape index (κ3) is 8.87. The van der Waals surface area contributed by atoms with E-state index >= 15 is 0 Å². The maximum Gasteiger partial charge on any atom is 0.469 e. The average Bonchev–Trinajstić information content (AvgIpc) is 2.63. The smallest absolute Gasteiger partial charge is 0.420 e. The van der Waals surface area contributed by atoms with Crippen molar-refractivity contribution in [1.82, 2.24) is 0 Å². The van der Waals surface area contributed by atoms with E-state index in [4.69, 9.17) is 12.3 Å². The first-order valence-corrected chi connectivity index (χ1v) is 24.6. The molecule has 33 heavy (non-hydrogen) atoms. The summed E-state index contributed by atoms with van der Waals surface area (Å²) in [4.78, 5) is 13.2. The topological polar surface area (TPSA) is 48.0 Å². The lowest BCUT2D eigenvalue weighted by Gasteiger charge is -2.45. The number of carbonyl (C=O) groups excluding carboxylic acids is 1. The summed E-state index contributed by atoms with van der Waals surface area (Å²) in [7, 11) is -8.31. The molecule has 0 spiro atoms. The molecule has 13 heteroatoms. The summed E-state index contributed by atoms with van der Waals surface area (Å²) in [5.74, 6) is -0.978. The molecule has 0 aliphatic rings. The zero-order valence-corrected chi connectivity index (χ0v) is 27.0. The molecule has 1 rings (SSSR count). The second-order valence-corrected chi connectivity index (χ2v) is 26.5. The van der Waals surface area contributed by atoms with Crippen LogP contribution in [0.15, 0.2) is 24.3 Å². The second-order valence-electron chi connectivity index (χ2n) is 9.84. The van der Waals surface area contributed by atoms with Gasteiger partial charge in [-0.1, -0.05) is 37.3 Å². The summed E-state index contributed by atoms with van der Waals surface area (Å²) in [6, 6.07) is 7.33. The molecule has 1 aromatic rings. The molecule has 1 atom stereocenters. The van der Waals surface area contributed by atoms with Crippen molar-refractivity contribution in [2.45, 2.75) is 77.1 Å². The van der Waals surface area contributed by atoms with Crippen molar-refractivity contribution >= 4 is 60.8 Å². The fourth-order valence-corrected chi connectivity index (χ4v) is 23.5. The molecule has 0 heterocycles. The van der Waals surface area contributed by atoms with Crippen molar-refractivity contribution in [2.24, 2.45) is 0 Å². The number of halogens is 3.